The van der Waals surface area contributed by atoms with Crippen LogP contribution in [0.15, 0.2) is 48.7 Å². The first-order chi connectivity index (χ1) is 16.8. The molecule has 0 radical (unpaired) electrons. The number of pyridine rings is 1. The molecule has 0 amide bonds. The lowest BCUT2D eigenvalue weighted by Gasteiger charge is -2.14. The zero-order chi connectivity index (χ0) is 24.7. The van der Waals surface area contributed by atoms with Gasteiger partial charge in [-0.2, -0.15) is 4.80 Å². The lowest BCUT2D eigenvalue weighted by molar-refractivity contribution is -0.138. The molecule has 0 spiro atoms. The highest BCUT2D eigenvalue weighted by Crippen LogP contribution is 2.46. The van der Waals surface area contributed by atoms with Gasteiger partial charge in [-0.15, -0.1) is 10.2 Å². The maximum Gasteiger partial charge on any atom is 0.307 e. The predicted octanol–water partition coefficient (Wildman–Crippen LogP) is 4.46. The lowest BCUT2D eigenvalue weighted by Crippen LogP contribution is -2.02. The molecule has 1 saturated carbocycles. The number of carboxylic acids is 1. The van der Waals surface area contributed by atoms with Gasteiger partial charge in [0.25, 0.3) is 0 Å². The highest BCUT2D eigenvalue weighted by Gasteiger charge is 2.45. The van der Waals surface area contributed by atoms with Crippen LogP contribution in [0.4, 0.5) is 4.39 Å². The summed E-state index contributed by atoms with van der Waals surface area (Å²) in [6, 6.07) is 12.5. The van der Waals surface area contributed by atoms with Crippen LogP contribution in [0.3, 0.4) is 0 Å². The van der Waals surface area contributed by atoms with E-state index in [4.69, 9.17) is 9.84 Å². The summed E-state index contributed by atoms with van der Waals surface area (Å²) in [5.74, 6) is -0.492. The van der Waals surface area contributed by atoms with Crippen molar-refractivity contribution < 1.29 is 19.0 Å². The van der Waals surface area contributed by atoms with E-state index in [-0.39, 0.29) is 24.3 Å². The Bertz CT molecular complexity index is 1390. The SMILES string of the molecule is Cc1cc(-c2nnn(C)n2)cc(C)c1-c1ccc(F)c(COc2ccc(C3C[C@H]3C(=O)O)nc2)c1. The third-order valence-electron chi connectivity index (χ3n) is 6.27. The molecule has 178 valence electrons. The highest BCUT2D eigenvalue weighted by atomic mass is 19.1. The van der Waals surface area contributed by atoms with Crippen LogP contribution in [0, 0.1) is 25.6 Å². The number of aliphatic carboxylic acids is 1. The number of nitrogens with zero attached hydrogens (tertiary/aromatic N) is 5. The van der Waals surface area contributed by atoms with Gasteiger partial charge in [-0.05, 0) is 84.1 Å². The van der Waals surface area contributed by atoms with Gasteiger partial charge in [0.15, 0.2) is 0 Å². The molecule has 9 heteroatoms. The minimum absolute atomic E-state index is 0.0432. The van der Waals surface area contributed by atoms with Crippen molar-refractivity contribution in [2.45, 2.75) is 32.8 Å². The van der Waals surface area contributed by atoms with Gasteiger partial charge in [-0.25, -0.2) is 4.39 Å². The number of hydrogen-bond donors (Lipinski definition) is 1. The molecule has 8 nitrogen and oxygen atoms in total. The number of rotatable bonds is 7. The summed E-state index contributed by atoms with van der Waals surface area (Å²) in [6.45, 7) is 4.05. The van der Waals surface area contributed by atoms with Crippen molar-refractivity contribution in [2.24, 2.45) is 13.0 Å². The number of aryl methyl sites for hydroxylation is 3. The van der Waals surface area contributed by atoms with E-state index in [1.54, 1.807) is 37.5 Å². The molecule has 0 aliphatic heterocycles. The van der Waals surface area contributed by atoms with E-state index in [9.17, 15) is 9.18 Å². The third-order valence-corrected chi connectivity index (χ3v) is 6.27. The fourth-order valence-electron chi connectivity index (χ4n) is 4.44. The fourth-order valence-corrected chi connectivity index (χ4v) is 4.44. The molecular formula is C26H24FN5O3. The number of benzene rings is 2. The number of halogens is 1. The third kappa shape index (κ3) is 4.62. The Labute approximate surface area is 201 Å². The summed E-state index contributed by atoms with van der Waals surface area (Å²) in [5, 5.41) is 21.3. The van der Waals surface area contributed by atoms with Crippen LogP contribution >= 0.6 is 0 Å². The molecule has 2 heterocycles. The van der Waals surface area contributed by atoms with Crippen LogP contribution in [0.5, 0.6) is 5.75 Å². The van der Waals surface area contributed by atoms with Gasteiger partial charge in [0, 0.05) is 22.7 Å². The van der Waals surface area contributed by atoms with Gasteiger partial charge >= 0.3 is 5.97 Å². The van der Waals surface area contributed by atoms with E-state index in [1.165, 1.54) is 10.9 Å². The second kappa shape index (κ2) is 8.90. The first kappa shape index (κ1) is 22.6. The molecule has 1 N–H and O–H groups in total. The van der Waals surface area contributed by atoms with Crippen molar-refractivity contribution in [3.8, 4) is 28.3 Å². The lowest BCUT2D eigenvalue weighted by atomic mass is 9.92. The molecule has 2 aromatic heterocycles. The van der Waals surface area contributed by atoms with E-state index in [2.05, 4.69) is 20.4 Å². The van der Waals surface area contributed by atoms with E-state index >= 15 is 0 Å². The molecule has 4 aromatic rings. The molecule has 1 unspecified atom stereocenters. The van der Waals surface area contributed by atoms with Crippen LogP contribution in [0.2, 0.25) is 0 Å². The summed E-state index contributed by atoms with van der Waals surface area (Å²) in [5.41, 5.74) is 5.99. The van der Waals surface area contributed by atoms with Gasteiger partial charge < -0.3 is 9.84 Å². The van der Waals surface area contributed by atoms with E-state index in [0.29, 0.717) is 23.6 Å². The van der Waals surface area contributed by atoms with Crippen molar-refractivity contribution in [1.82, 2.24) is 25.2 Å². The Morgan fingerprint density at radius 1 is 1.14 bits per heavy atom. The normalized spacial score (nSPS) is 16.8. The number of hydrogen-bond acceptors (Lipinski definition) is 6. The van der Waals surface area contributed by atoms with Crippen molar-refractivity contribution in [3.63, 3.8) is 0 Å². The van der Waals surface area contributed by atoms with Crippen molar-refractivity contribution in [3.05, 3.63) is 76.9 Å². The van der Waals surface area contributed by atoms with Crippen LogP contribution in [0.25, 0.3) is 22.5 Å². The molecule has 5 rings (SSSR count). The molecule has 35 heavy (non-hydrogen) atoms. The van der Waals surface area contributed by atoms with Crippen LogP contribution < -0.4 is 4.74 Å². The van der Waals surface area contributed by atoms with Crippen LogP contribution in [-0.4, -0.2) is 36.3 Å². The monoisotopic (exact) mass is 473 g/mol. The Morgan fingerprint density at radius 2 is 1.91 bits per heavy atom. The Balaban J connectivity index is 1.33. The Morgan fingerprint density at radius 3 is 2.51 bits per heavy atom. The zero-order valence-electron chi connectivity index (χ0n) is 19.6. The Hall–Kier alpha value is -4.14. The van der Waals surface area contributed by atoms with Crippen LogP contribution in [-0.2, 0) is 18.4 Å². The summed E-state index contributed by atoms with van der Waals surface area (Å²) >= 11 is 0. The van der Waals surface area contributed by atoms with E-state index in [1.807, 2.05) is 26.0 Å². The molecule has 1 fully saturated rings. The number of tetrazole rings is 1. The maximum atomic E-state index is 14.6. The van der Waals surface area contributed by atoms with Crippen molar-refractivity contribution in [2.75, 3.05) is 0 Å². The highest BCUT2D eigenvalue weighted by molar-refractivity contribution is 5.76. The molecule has 0 saturated heterocycles. The van der Waals surface area contributed by atoms with Crippen LogP contribution in [0.1, 0.15) is 34.7 Å². The first-order valence-electron chi connectivity index (χ1n) is 11.3. The molecule has 2 aromatic carbocycles. The van der Waals surface area contributed by atoms with Gasteiger partial charge in [-0.1, -0.05) is 6.07 Å². The minimum Gasteiger partial charge on any atom is -0.487 e. The van der Waals surface area contributed by atoms with Gasteiger partial charge in [0.05, 0.1) is 19.2 Å². The number of carboxylic acid groups (broad SMARTS) is 1. The quantitative estimate of drug-likeness (QED) is 0.423. The fraction of sp³-hybridized carbons (Fsp3) is 0.269. The minimum atomic E-state index is -0.794. The molecule has 0 bridgehead atoms. The second-order valence-corrected chi connectivity index (χ2v) is 8.89. The Kier molecular flexibility index (Phi) is 5.76. The van der Waals surface area contributed by atoms with Crippen molar-refractivity contribution >= 4 is 5.97 Å². The number of carbonyl (C=O) groups is 1. The molecule has 1 aliphatic carbocycles. The topological polar surface area (TPSA) is 103 Å². The smallest absolute Gasteiger partial charge is 0.307 e. The largest absolute Gasteiger partial charge is 0.487 e. The average Bonchev–Trinajstić information content (AvgIpc) is 3.52. The van der Waals surface area contributed by atoms with E-state index in [0.717, 1.165) is 33.5 Å². The summed E-state index contributed by atoms with van der Waals surface area (Å²) in [7, 11) is 1.72. The number of ether oxygens (including phenoxy) is 1. The standard InChI is InChI=1S/C26H24FN5O3/c1-14-8-17(25-29-31-32(3)30-25)9-15(2)24(14)16-4-6-22(27)18(10-16)13-35-19-5-7-23(28-12-19)20-11-21(20)26(33)34/h4-10,12,20-21H,11,13H2,1-3H3,(H,33,34)/t20?,21-/m1/s1. The predicted molar refractivity (Wildman–Crippen MR) is 126 cm³/mol. The van der Waals surface area contributed by atoms with Gasteiger partial charge in [-0.3, -0.25) is 9.78 Å². The summed E-state index contributed by atoms with van der Waals surface area (Å²) in [4.78, 5) is 16.8. The zero-order valence-corrected chi connectivity index (χ0v) is 19.6. The molecule has 2 atom stereocenters. The maximum absolute atomic E-state index is 14.6. The second-order valence-electron chi connectivity index (χ2n) is 8.89. The molecular weight excluding hydrogens is 449 g/mol. The first-order valence-corrected chi connectivity index (χ1v) is 11.3. The summed E-state index contributed by atoms with van der Waals surface area (Å²) < 4.78 is 20.4. The van der Waals surface area contributed by atoms with Crippen molar-refractivity contribution in [1.29, 1.82) is 0 Å². The average molecular weight is 474 g/mol. The van der Waals surface area contributed by atoms with Gasteiger partial charge in [0.2, 0.25) is 5.82 Å². The van der Waals surface area contributed by atoms with Gasteiger partial charge in [0.1, 0.15) is 18.2 Å². The summed E-state index contributed by atoms with van der Waals surface area (Å²) in [6.07, 6.45) is 2.16. The number of aromatic nitrogens is 5. The van der Waals surface area contributed by atoms with E-state index < -0.39 is 5.97 Å². The molecule has 1 aliphatic rings.